The number of carbonyl (C=O) groups is 4. The highest BCUT2D eigenvalue weighted by Crippen LogP contribution is 2.57. The third-order valence-electron chi connectivity index (χ3n) is 9.60. The molecule has 0 unspecified atom stereocenters. The van der Waals surface area contributed by atoms with Crippen LogP contribution in [0, 0.1) is 0 Å². The number of sulfone groups is 1. The summed E-state index contributed by atoms with van der Waals surface area (Å²) < 4.78 is 117. The minimum Gasteiger partial charge on any atom is -0.269 e. The van der Waals surface area contributed by atoms with E-state index in [0.29, 0.717) is 35.2 Å². The molecule has 54 heavy (non-hydrogen) atoms. The molecule has 0 bridgehead atoms. The van der Waals surface area contributed by atoms with E-state index in [0.717, 1.165) is 40.8 Å². The van der Waals surface area contributed by atoms with Crippen molar-refractivity contribution in [1.82, 2.24) is 4.90 Å². The summed E-state index contributed by atoms with van der Waals surface area (Å²) in [7, 11) is -4.06. The number of amides is 4. The van der Waals surface area contributed by atoms with E-state index in [1.807, 2.05) is 20.8 Å². The molecule has 2 aliphatic rings. The maximum absolute atomic E-state index is 15.1. The zero-order chi connectivity index (χ0) is 40.1. The quantitative estimate of drug-likeness (QED) is 0.149. The number of benzene rings is 4. The number of carbonyl (C=O) groups excluding carboxylic acids is 4. The summed E-state index contributed by atoms with van der Waals surface area (Å²) in [4.78, 5) is 54.2. The van der Waals surface area contributed by atoms with Gasteiger partial charge in [-0.05, 0) is 104 Å². The topological polar surface area (TPSA) is 109 Å². The third-order valence-corrected chi connectivity index (χ3v) is 11.4. The summed E-state index contributed by atoms with van der Waals surface area (Å²) in [5.41, 5.74) is -10.7. The van der Waals surface area contributed by atoms with Crippen LogP contribution in [-0.2, 0) is 20.7 Å². The molecule has 8 nitrogen and oxygen atoms in total. The first-order valence-corrected chi connectivity index (χ1v) is 17.9. The van der Waals surface area contributed by atoms with Crippen molar-refractivity contribution in [1.29, 1.82) is 0 Å². The van der Waals surface area contributed by atoms with Crippen LogP contribution < -0.4 is 4.90 Å². The lowest BCUT2D eigenvalue weighted by molar-refractivity contribution is -0.288. The molecule has 0 aliphatic carbocycles. The van der Waals surface area contributed by atoms with Crippen LogP contribution in [0.15, 0.2) is 94.7 Å². The minimum atomic E-state index is -6.12. The van der Waals surface area contributed by atoms with E-state index in [2.05, 4.69) is 0 Å². The first kappa shape index (κ1) is 38.4. The summed E-state index contributed by atoms with van der Waals surface area (Å²) in [6, 6.07) is 13.8. The first-order chi connectivity index (χ1) is 24.7. The molecule has 0 aromatic heterocycles. The van der Waals surface area contributed by atoms with Gasteiger partial charge < -0.3 is 0 Å². The second-order valence-electron chi connectivity index (χ2n) is 15.1. The van der Waals surface area contributed by atoms with Crippen LogP contribution >= 0.6 is 0 Å². The second kappa shape index (κ2) is 12.1. The van der Waals surface area contributed by atoms with Crippen LogP contribution in [0.3, 0.4) is 0 Å². The number of anilines is 1. The van der Waals surface area contributed by atoms with Gasteiger partial charge in [-0.1, -0.05) is 45.0 Å². The molecule has 2 heterocycles. The molecule has 0 saturated heterocycles. The predicted octanol–water partition coefficient (Wildman–Crippen LogP) is 8.42. The molecule has 2 aliphatic heterocycles. The van der Waals surface area contributed by atoms with E-state index in [1.165, 1.54) is 32.9 Å². The molecule has 0 radical (unpaired) electrons. The van der Waals surface area contributed by atoms with E-state index in [-0.39, 0.29) is 26.5 Å². The Balaban J connectivity index is 1.40. The molecular formula is C39H32F6N2O6S. The van der Waals surface area contributed by atoms with E-state index in [9.17, 15) is 27.6 Å². The average molecular weight is 771 g/mol. The number of rotatable bonds is 5. The molecule has 4 aromatic rings. The minimum absolute atomic E-state index is 0.0276. The van der Waals surface area contributed by atoms with Crippen molar-refractivity contribution in [2.75, 3.05) is 4.90 Å². The van der Waals surface area contributed by atoms with Crippen molar-refractivity contribution >= 4 is 39.2 Å². The average Bonchev–Trinajstić information content (AvgIpc) is 3.46. The number of hydrogen-bond donors (Lipinski definition) is 0. The van der Waals surface area contributed by atoms with Crippen molar-refractivity contribution in [2.24, 2.45) is 0 Å². The van der Waals surface area contributed by atoms with Crippen LogP contribution in [0.2, 0.25) is 0 Å². The molecule has 0 fully saturated rings. The lowest BCUT2D eigenvalue weighted by Crippen LogP contribution is -2.55. The molecule has 6 rings (SSSR count). The molecule has 0 spiro atoms. The zero-order valence-electron chi connectivity index (χ0n) is 29.6. The van der Waals surface area contributed by atoms with Gasteiger partial charge in [0.1, 0.15) is 0 Å². The van der Waals surface area contributed by atoms with Crippen LogP contribution in [0.4, 0.5) is 32.0 Å². The maximum atomic E-state index is 15.1. The Morgan fingerprint density at radius 2 is 0.852 bits per heavy atom. The van der Waals surface area contributed by atoms with Crippen molar-refractivity contribution in [2.45, 2.75) is 80.1 Å². The second-order valence-corrected chi connectivity index (χ2v) is 17.0. The number of fused-ring (bicyclic) bond motifs is 2. The monoisotopic (exact) mass is 770 g/mol. The van der Waals surface area contributed by atoms with Gasteiger partial charge >= 0.3 is 12.4 Å². The van der Waals surface area contributed by atoms with Gasteiger partial charge in [0, 0.05) is 5.54 Å². The highest BCUT2D eigenvalue weighted by atomic mass is 32.2. The zero-order valence-corrected chi connectivity index (χ0v) is 30.4. The van der Waals surface area contributed by atoms with E-state index < -0.39 is 84.6 Å². The molecule has 15 heteroatoms. The van der Waals surface area contributed by atoms with Gasteiger partial charge in [-0.15, -0.1) is 0 Å². The van der Waals surface area contributed by atoms with Crippen molar-refractivity contribution in [3.63, 3.8) is 0 Å². The Bertz CT molecular complexity index is 2360. The van der Waals surface area contributed by atoms with Gasteiger partial charge in [0.25, 0.3) is 23.6 Å². The molecule has 282 valence electrons. The number of hydrogen-bond acceptors (Lipinski definition) is 6. The summed E-state index contributed by atoms with van der Waals surface area (Å²) in [5.74, 6) is -4.28. The summed E-state index contributed by atoms with van der Waals surface area (Å²) in [6.45, 7) is 10.3. The van der Waals surface area contributed by atoms with Gasteiger partial charge in [0.2, 0.25) is 15.3 Å². The van der Waals surface area contributed by atoms with Gasteiger partial charge in [-0.2, -0.15) is 26.3 Å². The lowest BCUT2D eigenvalue weighted by Gasteiger charge is -2.38. The molecule has 4 aromatic carbocycles. The van der Waals surface area contributed by atoms with Crippen LogP contribution in [0.5, 0.6) is 0 Å². The predicted molar refractivity (Wildman–Crippen MR) is 184 cm³/mol. The van der Waals surface area contributed by atoms with Crippen molar-refractivity contribution < 1.29 is 53.9 Å². The number of halogens is 6. The van der Waals surface area contributed by atoms with Gasteiger partial charge in [-0.25, -0.2) is 13.3 Å². The fourth-order valence-electron chi connectivity index (χ4n) is 6.82. The Labute approximate surface area is 306 Å². The SMILES string of the molecule is CC(C)(C)c1ccc(S(=O)(=O)c2ccc(N3C(=O)c4ccc(C(c5ccc6c(c5)C(=O)N(C(C)(C)C)C6=O)(C(F)(F)F)C(F)(F)F)cc4C3=O)cc2)cc1. The Morgan fingerprint density at radius 3 is 1.28 bits per heavy atom. The van der Waals surface area contributed by atoms with Gasteiger partial charge in [0.15, 0.2) is 0 Å². The number of nitrogens with zero attached hydrogens (tertiary/aromatic N) is 2. The third kappa shape index (κ3) is 5.71. The molecule has 4 amide bonds. The smallest absolute Gasteiger partial charge is 0.269 e. The number of imide groups is 2. The molecule has 0 atom stereocenters. The van der Waals surface area contributed by atoms with Crippen molar-refractivity contribution in [3.8, 4) is 0 Å². The largest absolute Gasteiger partial charge is 0.411 e. The van der Waals surface area contributed by atoms with Crippen LogP contribution in [-0.4, -0.2) is 54.8 Å². The standard InChI is InChI=1S/C39H32F6N2O6S/c1-35(2,3)21-7-13-25(14-8-21)54(52,53)26-15-11-24(12-16-26)46-31(48)27-17-9-22(19-29(27)32(46)49)37(38(40,41)42,39(43,44)45)23-10-18-28-30(20-23)34(51)47(33(28)50)36(4,5)6/h7-20H,1-6H3. The molecule has 0 saturated carbocycles. The Morgan fingerprint density at radius 1 is 0.481 bits per heavy atom. The number of alkyl halides is 6. The van der Waals surface area contributed by atoms with E-state index in [1.54, 1.807) is 12.1 Å². The van der Waals surface area contributed by atoms with Gasteiger partial charge in [0.05, 0.1) is 37.7 Å². The first-order valence-electron chi connectivity index (χ1n) is 16.4. The van der Waals surface area contributed by atoms with E-state index >= 15 is 26.3 Å². The summed E-state index contributed by atoms with van der Waals surface area (Å²) in [6.07, 6.45) is -12.2. The lowest BCUT2D eigenvalue weighted by atomic mass is 9.71. The summed E-state index contributed by atoms with van der Waals surface area (Å²) >= 11 is 0. The fourth-order valence-corrected chi connectivity index (χ4v) is 8.08. The highest BCUT2D eigenvalue weighted by molar-refractivity contribution is 7.91. The van der Waals surface area contributed by atoms with Crippen molar-refractivity contribution in [3.05, 3.63) is 124 Å². The van der Waals surface area contributed by atoms with Gasteiger partial charge in [-0.3, -0.25) is 24.1 Å². The van der Waals surface area contributed by atoms with Crippen LogP contribution in [0.1, 0.15) is 99.7 Å². The fraction of sp³-hybridized carbons (Fsp3) is 0.282. The van der Waals surface area contributed by atoms with E-state index in [4.69, 9.17) is 0 Å². The molecular weight excluding hydrogens is 738 g/mol. The van der Waals surface area contributed by atoms with Crippen LogP contribution in [0.25, 0.3) is 0 Å². The molecule has 0 N–H and O–H groups in total. The normalized spacial score (nSPS) is 15.6. The Kier molecular flexibility index (Phi) is 8.61. The highest BCUT2D eigenvalue weighted by Gasteiger charge is 2.73. The summed E-state index contributed by atoms with van der Waals surface area (Å²) in [5, 5.41) is 0. The maximum Gasteiger partial charge on any atom is 0.411 e. The Hall–Kier alpha value is -5.31.